The first kappa shape index (κ1) is 17.7. The third-order valence-electron chi connectivity index (χ3n) is 4.80. The second kappa shape index (κ2) is 7.03. The van der Waals surface area contributed by atoms with E-state index in [0.29, 0.717) is 42.8 Å². The molecule has 2 unspecified atom stereocenters. The summed E-state index contributed by atoms with van der Waals surface area (Å²) in [7, 11) is 1.63. The molecule has 8 heteroatoms. The van der Waals surface area contributed by atoms with Gasteiger partial charge in [0.25, 0.3) is 5.56 Å². The molecule has 2 aromatic heterocycles. The third kappa shape index (κ3) is 3.35. The highest BCUT2D eigenvalue weighted by atomic mass is 16.5. The molecule has 1 aliphatic rings. The van der Waals surface area contributed by atoms with Gasteiger partial charge in [0.05, 0.1) is 6.61 Å². The van der Waals surface area contributed by atoms with Crippen LogP contribution in [0.15, 0.2) is 9.59 Å². The summed E-state index contributed by atoms with van der Waals surface area (Å²) in [5, 5.41) is 0. The lowest BCUT2D eigenvalue weighted by Gasteiger charge is -2.35. The van der Waals surface area contributed by atoms with E-state index in [2.05, 4.69) is 28.7 Å². The molecule has 0 radical (unpaired) electrons. The number of aryl methyl sites for hydroxylation is 1. The Morgan fingerprint density at radius 1 is 1.24 bits per heavy atom. The van der Waals surface area contributed by atoms with E-state index in [1.807, 2.05) is 11.5 Å². The molecule has 0 amide bonds. The largest absolute Gasteiger partial charge is 0.380 e. The lowest BCUT2D eigenvalue weighted by molar-refractivity contribution is 0.140. The van der Waals surface area contributed by atoms with Gasteiger partial charge in [0.1, 0.15) is 0 Å². The van der Waals surface area contributed by atoms with Gasteiger partial charge in [-0.1, -0.05) is 13.8 Å². The maximum absolute atomic E-state index is 12.4. The Labute approximate surface area is 146 Å². The number of imidazole rings is 1. The summed E-state index contributed by atoms with van der Waals surface area (Å²) in [5.74, 6) is 1.87. The van der Waals surface area contributed by atoms with Crippen molar-refractivity contribution in [3.05, 3.63) is 20.8 Å². The number of nitrogens with one attached hydrogen (secondary N) is 1. The molecule has 0 bridgehead atoms. The number of hydrogen-bond donors (Lipinski definition) is 1. The maximum Gasteiger partial charge on any atom is 0.329 e. The van der Waals surface area contributed by atoms with Gasteiger partial charge in [0.2, 0.25) is 5.95 Å². The predicted octanol–water partition coefficient (Wildman–Crippen LogP) is 0.942. The highest BCUT2D eigenvalue weighted by molar-refractivity contribution is 5.74. The van der Waals surface area contributed by atoms with Gasteiger partial charge in [0, 0.05) is 33.3 Å². The van der Waals surface area contributed by atoms with Gasteiger partial charge in [-0.05, 0) is 25.2 Å². The first-order chi connectivity index (χ1) is 11.9. The summed E-state index contributed by atoms with van der Waals surface area (Å²) >= 11 is 0. The Kier molecular flexibility index (Phi) is 4.99. The summed E-state index contributed by atoms with van der Waals surface area (Å²) in [6.45, 7) is 9.85. The molecule has 3 rings (SSSR count). The number of piperidine rings is 1. The summed E-state index contributed by atoms with van der Waals surface area (Å²) < 4.78 is 8.78. The van der Waals surface area contributed by atoms with Crippen molar-refractivity contribution in [3.63, 3.8) is 0 Å². The zero-order chi connectivity index (χ0) is 18.1. The number of ether oxygens (including phenoxy) is 1. The molecule has 1 fully saturated rings. The van der Waals surface area contributed by atoms with Crippen LogP contribution in [0.4, 0.5) is 5.95 Å². The summed E-state index contributed by atoms with van der Waals surface area (Å²) in [6.07, 6.45) is 1.19. The minimum atomic E-state index is -0.445. The second-order valence-corrected chi connectivity index (χ2v) is 7.10. The molecular formula is C17H27N5O3. The van der Waals surface area contributed by atoms with Crippen molar-refractivity contribution in [1.29, 1.82) is 0 Å². The van der Waals surface area contributed by atoms with Crippen molar-refractivity contribution in [2.75, 3.05) is 31.2 Å². The van der Waals surface area contributed by atoms with E-state index in [-0.39, 0.29) is 0 Å². The van der Waals surface area contributed by atoms with Crippen LogP contribution < -0.4 is 16.1 Å². The molecule has 0 saturated carbocycles. The summed E-state index contributed by atoms with van der Waals surface area (Å²) in [4.78, 5) is 33.7. The molecule has 138 valence electrons. The summed E-state index contributed by atoms with van der Waals surface area (Å²) in [6, 6.07) is 0. The van der Waals surface area contributed by atoms with Crippen molar-refractivity contribution in [2.45, 2.75) is 33.7 Å². The number of anilines is 1. The van der Waals surface area contributed by atoms with Crippen LogP contribution in [0.2, 0.25) is 0 Å². The van der Waals surface area contributed by atoms with Crippen LogP contribution in [-0.4, -0.2) is 45.4 Å². The minimum absolute atomic E-state index is 0.397. The topological polar surface area (TPSA) is 85.2 Å². The molecule has 8 nitrogen and oxygen atoms in total. The fourth-order valence-corrected chi connectivity index (χ4v) is 3.80. The lowest BCUT2D eigenvalue weighted by atomic mass is 9.92. The number of hydrogen-bond acceptors (Lipinski definition) is 5. The van der Waals surface area contributed by atoms with Gasteiger partial charge in [-0.3, -0.25) is 14.3 Å². The normalized spacial score (nSPS) is 21.2. The zero-order valence-corrected chi connectivity index (χ0v) is 15.4. The Bertz CT molecular complexity index is 856. The zero-order valence-electron chi connectivity index (χ0n) is 15.4. The van der Waals surface area contributed by atoms with Crippen LogP contribution in [-0.2, 0) is 18.3 Å². The maximum atomic E-state index is 12.4. The minimum Gasteiger partial charge on any atom is -0.380 e. The van der Waals surface area contributed by atoms with Crippen molar-refractivity contribution in [3.8, 4) is 0 Å². The lowest BCUT2D eigenvalue weighted by Crippen LogP contribution is -2.40. The van der Waals surface area contributed by atoms with Gasteiger partial charge >= 0.3 is 5.69 Å². The molecule has 1 saturated heterocycles. The fraction of sp³-hybridized carbons (Fsp3) is 0.706. The molecule has 0 aliphatic carbocycles. The smallest absolute Gasteiger partial charge is 0.329 e. The van der Waals surface area contributed by atoms with Crippen molar-refractivity contribution < 1.29 is 4.74 Å². The Hall–Kier alpha value is -2.09. The number of H-pyrrole nitrogens is 1. The molecule has 25 heavy (non-hydrogen) atoms. The van der Waals surface area contributed by atoms with Gasteiger partial charge < -0.3 is 14.2 Å². The van der Waals surface area contributed by atoms with Crippen LogP contribution in [0.3, 0.4) is 0 Å². The molecule has 0 spiro atoms. The van der Waals surface area contributed by atoms with Gasteiger partial charge in [-0.25, -0.2) is 4.79 Å². The highest BCUT2D eigenvalue weighted by Crippen LogP contribution is 2.27. The third-order valence-corrected chi connectivity index (χ3v) is 4.80. The van der Waals surface area contributed by atoms with E-state index in [1.54, 1.807) is 7.05 Å². The average Bonchev–Trinajstić information content (AvgIpc) is 2.92. The Morgan fingerprint density at radius 2 is 1.92 bits per heavy atom. The first-order valence-corrected chi connectivity index (χ1v) is 8.94. The molecule has 2 atom stereocenters. The Balaban J connectivity index is 2.14. The van der Waals surface area contributed by atoms with Crippen molar-refractivity contribution in [1.82, 2.24) is 19.1 Å². The quantitative estimate of drug-likeness (QED) is 0.812. The van der Waals surface area contributed by atoms with E-state index in [4.69, 9.17) is 4.74 Å². The van der Waals surface area contributed by atoms with Gasteiger partial charge in [-0.2, -0.15) is 4.98 Å². The molecule has 3 heterocycles. The van der Waals surface area contributed by atoms with Crippen molar-refractivity contribution in [2.24, 2.45) is 18.9 Å². The van der Waals surface area contributed by atoms with Gasteiger partial charge in [-0.15, -0.1) is 0 Å². The van der Waals surface area contributed by atoms with Crippen LogP contribution in [0, 0.1) is 11.8 Å². The fourth-order valence-electron chi connectivity index (χ4n) is 3.80. The average molecular weight is 349 g/mol. The Morgan fingerprint density at radius 3 is 2.56 bits per heavy atom. The number of aromatic amines is 1. The standard InChI is InChI=1S/C17H27N5O3/c1-5-25-7-6-22-13-14(20(4)17(24)19-15(13)23)18-16(22)21-9-11(2)8-12(3)10-21/h11-12H,5-10H2,1-4H3,(H,19,23,24). The molecule has 0 aromatic carbocycles. The van der Waals surface area contributed by atoms with Crippen LogP contribution in [0.1, 0.15) is 27.2 Å². The molecular weight excluding hydrogens is 322 g/mol. The SMILES string of the molecule is CCOCCn1c(N2CC(C)CC(C)C2)nc2c1c(=O)[nH]c(=O)n2C. The predicted molar refractivity (Wildman–Crippen MR) is 97.2 cm³/mol. The van der Waals surface area contributed by atoms with E-state index < -0.39 is 11.2 Å². The molecule has 1 aliphatic heterocycles. The van der Waals surface area contributed by atoms with E-state index in [1.165, 1.54) is 11.0 Å². The number of aromatic nitrogens is 4. The van der Waals surface area contributed by atoms with Crippen molar-refractivity contribution >= 4 is 17.1 Å². The molecule has 2 aromatic rings. The van der Waals surface area contributed by atoms with E-state index in [0.717, 1.165) is 19.0 Å². The second-order valence-electron chi connectivity index (χ2n) is 7.10. The summed E-state index contributed by atoms with van der Waals surface area (Å²) in [5.41, 5.74) is 0.0131. The van der Waals surface area contributed by atoms with Crippen LogP contribution in [0.5, 0.6) is 0 Å². The number of fused-ring (bicyclic) bond motifs is 1. The van der Waals surface area contributed by atoms with E-state index >= 15 is 0 Å². The monoisotopic (exact) mass is 349 g/mol. The van der Waals surface area contributed by atoms with E-state index in [9.17, 15) is 9.59 Å². The van der Waals surface area contributed by atoms with Crippen LogP contribution in [0.25, 0.3) is 11.2 Å². The highest BCUT2D eigenvalue weighted by Gasteiger charge is 2.27. The van der Waals surface area contributed by atoms with Crippen LogP contribution >= 0.6 is 0 Å². The van der Waals surface area contributed by atoms with Gasteiger partial charge in [0.15, 0.2) is 11.2 Å². The number of nitrogens with zero attached hydrogens (tertiary/aromatic N) is 4. The first-order valence-electron chi connectivity index (χ1n) is 8.94. The number of rotatable bonds is 5. The molecule has 1 N–H and O–H groups in total.